The van der Waals surface area contributed by atoms with Crippen molar-refractivity contribution in [2.24, 2.45) is 20.7 Å². The number of alkyl halides is 1. The number of piperidine rings is 1. The predicted molar refractivity (Wildman–Crippen MR) is 148 cm³/mol. The molecular formula is C28H30FN7O2. The van der Waals surface area contributed by atoms with Gasteiger partial charge >= 0.3 is 0 Å². The third-order valence-corrected chi connectivity index (χ3v) is 6.12. The maximum Gasteiger partial charge on any atom is 0.291 e. The summed E-state index contributed by atoms with van der Waals surface area (Å²) in [7, 11) is 0. The van der Waals surface area contributed by atoms with E-state index < -0.39 is 24.3 Å². The highest BCUT2D eigenvalue weighted by atomic mass is 19.1. The number of amidine groups is 1. The summed E-state index contributed by atoms with van der Waals surface area (Å²) in [6, 6.07) is 16.4. The number of nitrogens with zero attached hydrogens (tertiary/aromatic N) is 4. The summed E-state index contributed by atoms with van der Waals surface area (Å²) in [6.45, 7) is 6.29. The fourth-order valence-corrected chi connectivity index (χ4v) is 4.30. The van der Waals surface area contributed by atoms with E-state index in [4.69, 9.17) is 15.9 Å². The van der Waals surface area contributed by atoms with E-state index in [1.54, 1.807) is 25.1 Å². The van der Waals surface area contributed by atoms with Gasteiger partial charge in [-0.3, -0.25) is 10.2 Å². The molecule has 0 aromatic heterocycles. The highest BCUT2D eigenvalue weighted by molar-refractivity contribution is 6.19. The number of benzene rings is 2. The van der Waals surface area contributed by atoms with Crippen LogP contribution in [0.15, 0.2) is 93.1 Å². The van der Waals surface area contributed by atoms with Crippen LogP contribution in [0.5, 0.6) is 0 Å². The van der Waals surface area contributed by atoms with E-state index in [0.717, 1.165) is 11.1 Å². The summed E-state index contributed by atoms with van der Waals surface area (Å²) >= 11 is 0. The van der Waals surface area contributed by atoms with Gasteiger partial charge in [0.1, 0.15) is 12.0 Å². The maximum atomic E-state index is 13.7. The van der Waals surface area contributed by atoms with Gasteiger partial charge in [0.2, 0.25) is 12.1 Å². The number of para-hydroxylation sites is 1. The zero-order chi connectivity index (χ0) is 27.1. The van der Waals surface area contributed by atoms with Crippen LogP contribution in [0.3, 0.4) is 0 Å². The number of carbonyl (C=O) groups excluding carboxylic acids is 1. The van der Waals surface area contributed by atoms with Crippen LogP contribution in [0.2, 0.25) is 0 Å². The van der Waals surface area contributed by atoms with Gasteiger partial charge in [-0.15, -0.1) is 0 Å². The summed E-state index contributed by atoms with van der Waals surface area (Å²) in [5.41, 5.74) is 9.09. The first kappa shape index (κ1) is 26.5. The second kappa shape index (κ2) is 12.1. The summed E-state index contributed by atoms with van der Waals surface area (Å²) in [6.07, 6.45) is 1.98. The first-order chi connectivity index (χ1) is 18.4. The molecule has 0 spiro atoms. The Balaban J connectivity index is 1.64. The minimum atomic E-state index is -1.25. The molecule has 1 amide bonds. The Morgan fingerprint density at radius 2 is 1.89 bits per heavy atom. The van der Waals surface area contributed by atoms with Crippen LogP contribution < -0.4 is 11.1 Å². The number of halogens is 1. The molecule has 0 saturated carbocycles. The van der Waals surface area contributed by atoms with Crippen molar-refractivity contribution < 1.29 is 13.9 Å². The number of ether oxygens (including phenoxy) is 1. The molecule has 196 valence electrons. The molecule has 1 unspecified atom stereocenters. The summed E-state index contributed by atoms with van der Waals surface area (Å²) < 4.78 is 19.2. The van der Waals surface area contributed by atoms with Gasteiger partial charge in [-0.25, -0.2) is 14.4 Å². The first-order valence-corrected chi connectivity index (χ1v) is 12.3. The molecule has 2 aromatic rings. The lowest BCUT2D eigenvalue weighted by molar-refractivity contribution is -0.117. The van der Waals surface area contributed by atoms with Gasteiger partial charge in [-0.2, -0.15) is 4.99 Å². The maximum absolute atomic E-state index is 13.7. The van der Waals surface area contributed by atoms with Gasteiger partial charge < -0.3 is 20.7 Å². The molecule has 0 radical (unpaired) electrons. The predicted octanol–water partition coefficient (Wildman–Crippen LogP) is 4.03. The monoisotopic (exact) mass is 515 g/mol. The average molecular weight is 516 g/mol. The van der Waals surface area contributed by atoms with Gasteiger partial charge in [0, 0.05) is 24.2 Å². The van der Waals surface area contributed by atoms with E-state index >= 15 is 0 Å². The number of hydrogen-bond donors (Lipinski definition) is 3. The summed E-state index contributed by atoms with van der Waals surface area (Å²) in [4.78, 5) is 27.8. The Bertz CT molecular complexity index is 1330. The third kappa shape index (κ3) is 6.03. The van der Waals surface area contributed by atoms with Crippen molar-refractivity contribution in [1.82, 2.24) is 4.90 Å². The number of fused-ring (bicyclic) bond motifs is 1. The molecule has 2 aliphatic heterocycles. The van der Waals surface area contributed by atoms with Gasteiger partial charge in [-0.1, -0.05) is 60.7 Å². The fraction of sp³-hybridized carbons (Fsp3) is 0.250. The molecule has 2 aliphatic rings. The van der Waals surface area contributed by atoms with E-state index in [1.165, 1.54) is 0 Å². The normalized spacial score (nSPS) is 19.2. The number of hydrogen-bond acceptors (Lipinski definition) is 7. The van der Waals surface area contributed by atoms with Crippen molar-refractivity contribution in [2.75, 3.05) is 18.4 Å². The third-order valence-electron chi connectivity index (χ3n) is 6.12. The van der Waals surface area contributed by atoms with Crippen molar-refractivity contribution in [3.63, 3.8) is 0 Å². The number of likely N-dealkylation sites (tertiary alicyclic amines) is 1. The van der Waals surface area contributed by atoms with Crippen LogP contribution in [0.1, 0.15) is 30.9 Å². The zero-order valence-electron chi connectivity index (χ0n) is 21.1. The van der Waals surface area contributed by atoms with Crippen LogP contribution in [0, 0.1) is 5.41 Å². The van der Waals surface area contributed by atoms with E-state index in [1.807, 2.05) is 53.4 Å². The number of nitrogens with one attached hydrogen (secondary N) is 2. The Kier molecular flexibility index (Phi) is 8.42. The number of anilines is 1. The minimum Gasteiger partial charge on any atom is -0.407 e. The van der Waals surface area contributed by atoms with E-state index in [-0.39, 0.29) is 5.90 Å². The van der Waals surface area contributed by atoms with Crippen molar-refractivity contribution in [2.45, 2.75) is 32.1 Å². The molecule has 4 rings (SSSR count). The van der Waals surface area contributed by atoms with E-state index in [9.17, 15) is 9.18 Å². The molecule has 38 heavy (non-hydrogen) atoms. The standard InChI is InChI=1S/C28H30FN7O2/c1-3-9-21(26(32-2)36-16-14-19(29)15-17-36)24(30)38-28(31)35-25-27(37)33-22-13-8-7-12-20(22)23(34-25)18-10-5-4-6-11-18/h3-13,19,25,30H,2,14-17H2,1H3,(H2,31,35)(H,33,37)/b9-3-,26-21-,30-24?. The number of carbonyl (C=O) groups is 1. The van der Waals surface area contributed by atoms with E-state index in [0.29, 0.717) is 48.7 Å². The number of benzodiazepines with no additional fused rings is 1. The van der Waals surface area contributed by atoms with Crippen LogP contribution in [0.4, 0.5) is 10.1 Å². The molecule has 1 atom stereocenters. The summed E-state index contributed by atoms with van der Waals surface area (Å²) in [5.74, 6) is -0.438. The van der Waals surface area contributed by atoms with Crippen LogP contribution in [0.25, 0.3) is 0 Å². The molecule has 10 heteroatoms. The van der Waals surface area contributed by atoms with Crippen molar-refractivity contribution in [3.05, 3.63) is 89.3 Å². The lowest BCUT2D eigenvalue weighted by atomic mass is 10.0. The molecule has 2 heterocycles. The van der Waals surface area contributed by atoms with Crippen molar-refractivity contribution in [1.29, 1.82) is 5.41 Å². The Morgan fingerprint density at radius 1 is 1.21 bits per heavy atom. The average Bonchev–Trinajstić information content (AvgIpc) is 3.06. The lowest BCUT2D eigenvalue weighted by Crippen LogP contribution is -2.35. The number of allylic oxidation sites excluding steroid dienone is 1. The van der Waals surface area contributed by atoms with Crippen LogP contribution in [-0.4, -0.2) is 60.6 Å². The molecule has 4 N–H and O–H groups in total. The topological polar surface area (TPSA) is 129 Å². The van der Waals surface area contributed by atoms with Crippen molar-refractivity contribution in [3.8, 4) is 0 Å². The van der Waals surface area contributed by atoms with Crippen LogP contribution in [-0.2, 0) is 9.53 Å². The number of rotatable bonds is 6. The van der Waals surface area contributed by atoms with E-state index in [2.05, 4.69) is 27.0 Å². The fourth-order valence-electron chi connectivity index (χ4n) is 4.30. The molecule has 0 aliphatic carbocycles. The lowest BCUT2D eigenvalue weighted by Gasteiger charge is -2.31. The molecular weight excluding hydrogens is 485 g/mol. The van der Waals surface area contributed by atoms with Crippen molar-refractivity contribution >= 4 is 35.9 Å². The number of nitrogens with two attached hydrogens (primary N) is 1. The number of amides is 1. The molecule has 2 aromatic carbocycles. The smallest absolute Gasteiger partial charge is 0.291 e. The number of aliphatic imine (C=N–C) groups is 3. The molecule has 0 bridgehead atoms. The summed E-state index contributed by atoms with van der Waals surface area (Å²) in [5, 5.41) is 11.4. The van der Waals surface area contributed by atoms with Gasteiger partial charge in [0.25, 0.3) is 11.9 Å². The Labute approximate surface area is 220 Å². The van der Waals surface area contributed by atoms with Gasteiger partial charge in [0.15, 0.2) is 0 Å². The highest BCUT2D eigenvalue weighted by Crippen LogP contribution is 2.25. The second-order valence-electron chi connectivity index (χ2n) is 8.71. The van der Waals surface area contributed by atoms with Crippen LogP contribution >= 0.6 is 0 Å². The zero-order valence-corrected chi connectivity index (χ0v) is 21.1. The largest absolute Gasteiger partial charge is 0.407 e. The minimum absolute atomic E-state index is 0.309. The molecule has 1 fully saturated rings. The SMILES string of the molecule is C=N/C(=C(\C=C/C)C(=N)O/C(N)=N/C1N=C(c2ccccc2)c2ccccc2NC1=O)N1CCC(F)CC1. The van der Waals surface area contributed by atoms with Gasteiger partial charge in [-0.05, 0) is 32.5 Å². The Morgan fingerprint density at radius 3 is 2.58 bits per heavy atom. The molecule has 1 saturated heterocycles. The first-order valence-electron chi connectivity index (χ1n) is 12.3. The second-order valence-corrected chi connectivity index (χ2v) is 8.71. The Hall–Kier alpha value is -4.60. The van der Waals surface area contributed by atoms with Gasteiger partial charge in [0.05, 0.1) is 17.0 Å². The quantitative estimate of drug-likeness (QED) is 0.305. The molecule has 9 nitrogen and oxygen atoms in total. The highest BCUT2D eigenvalue weighted by Gasteiger charge is 2.27.